The summed E-state index contributed by atoms with van der Waals surface area (Å²) >= 11 is 0. The predicted molar refractivity (Wildman–Crippen MR) is 65.9 cm³/mol. The van der Waals surface area contributed by atoms with E-state index >= 15 is 0 Å². The van der Waals surface area contributed by atoms with Gasteiger partial charge >= 0.3 is 0 Å². The molecule has 1 atom stereocenters. The molecule has 2 rings (SSSR count). The molecule has 0 aromatic rings. The normalized spacial score (nSPS) is 30.0. The lowest BCUT2D eigenvalue weighted by molar-refractivity contribution is 0.0705. The molecule has 1 N–H and O–H groups in total. The van der Waals surface area contributed by atoms with E-state index in [0.29, 0.717) is 5.41 Å². The third-order valence-corrected chi connectivity index (χ3v) is 5.19. The van der Waals surface area contributed by atoms with Crippen LogP contribution in [0, 0.1) is 17.3 Å². The zero-order valence-electron chi connectivity index (χ0n) is 10.5. The summed E-state index contributed by atoms with van der Waals surface area (Å²) < 4.78 is 0. The Morgan fingerprint density at radius 3 is 2.27 bits per heavy atom. The van der Waals surface area contributed by atoms with Crippen LogP contribution >= 0.6 is 0 Å². The fraction of sp³-hybridized carbons (Fsp3) is 1.00. The summed E-state index contributed by atoms with van der Waals surface area (Å²) in [6.45, 7) is 7.59. The van der Waals surface area contributed by atoms with Gasteiger partial charge in [0.2, 0.25) is 0 Å². The lowest BCUT2D eigenvalue weighted by Gasteiger charge is -2.44. The van der Waals surface area contributed by atoms with Crippen LogP contribution in [0.3, 0.4) is 0 Å². The van der Waals surface area contributed by atoms with Crippen molar-refractivity contribution in [2.75, 3.05) is 13.1 Å². The fourth-order valence-electron chi connectivity index (χ4n) is 3.73. The third-order valence-electron chi connectivity index (χ3n) is 5.19. The van der Waals surface area contributed by atoms with E-state index in [4.69, 9.17) is 0 Å². The topological polar surface area (TPSA) is 12.0 Å². The van der Waals surface area contributed by atoms with E-state index in [1.807, 2.05) is 0 Å². The Morgan fingerprint density at radius 2 is 1.67 bits per heavy atom. The maximum atomic E-state index is 3.49. The van der Waals surface area contributed by atoms with Crippen LogP contribution in [0.2, 0.25) is 0 Å². The van der Waals surface area contributed by atoms with Gasteiger partial charge in [-0.25, -0.2) is 0 Å². The van der Waals surface area contributed by atoms with Gasteiger partial charge in [0, 0.05) is 0 Å². The van der Waals surface area contributed by atoms with Gasteiger partial charge in [0.25, 0.3) is 0 Å². The highest BCUT2D eigenvalue weighted by Crippen LogP contribution is 2.46. The minimum absolute atomic E-state index is 0.667. The number of hydrogen-bond donors (Lipinski definition) is 1. The molecule has 1 nitrogen and oxygen atoms in total. The van der Waals surface area contributed by atoms with Crippen molar-refractivity contribution in [2.24, 2.45) is 17.3 Å². The fourth-order valence-corrected chi connectivity index (χ4v) is 3.73. The Bertz CT molecular complexity index is 188. The molecule has 2 fully saturated rings. The molecule has 0 bridgehead atoms. The van der Waals surface area contributed by atoms with Gasteiger partial charge in [0.1, 0.15) is 0 Å². The van der Waals surface area contributed by atoms with Crippen LogP contribution in [0.15, 0.2) is 0 Å². The number of piperidine rings is 1. The molecule has 1 aliphatic carbocycles. The van der Waals surface area contributed by atoms with Crippen molar-refractivity contribution >= 4 is 0 Å². The molecule has 1 heterocycles. The van der Waals surface area contributed by atoms with Gasteiger partial charge in [-0.05, 0) is 56.0 Å². The zero-order chi connectivity index (χ0) is 10.7. The van der Waals surface area contributed by atoms with Crippen molar-refractivity contribution in [3.8, 4) is 0 Å². The molecule has 0 radical (unpaired) electrons. The summed E-state index contributed by atoms with van der Waals surface area (Å²) in [5.74, 6) is 1.94. The highest BCUT2D eigenvalue weighted by molar-refractivity contribution is 4.88. The predicted octanol–water partition coefficient (Wildman–Crippen LogP) is 3.59. The van der Waals surface area contributed by atoms with Crippen LogP contribution < -0.4 is 5.32 Å². The molecule has 1 saturated carbocycles. The van der Waals surface area contributed by atoms with E-state index in [0.717, 1.165) is 11.8 Å². The largest absolute Gasteiger partial charge is 0.317 e. The minimum Gasteiger partial charge on any atom is -0.317 e. The highest BCUT2D eigenvalue weighted by atomic mass is 14.9. The van der Waals surface area contributed by atoms with E-state index in [2.05, 4.69) is 19.2 Å². The molecule has 88 valence electrons. The maximum Gasteiger partial charge on any atom is -0.00462 e. The molecule has 1 aliphatic heterocycles. The smallest absolute Gasteiger partial charge is 0.00462 e. The summed E-state index contributed by atoms with van der Waals surface area (Å²) in [5, 5.41) is 3.49. The molecule has 2 aliphatic rings. The van der Waals surface area contributed by atoms with Crippen molar-refractivity contribution in [1.82, 2.24) is 5.32 Å². The molecule has 1 unspecified atom stereocenters. The molecule has 0 amide bonds. The Labute approximate surface area is 95.0 Å². The molecule has 1 heteroatoms. The third kappa shape index (κ3) is 2.55. The zero-order valence-corrected chi connectivity index (χ0v) is 10.5. The Balaban J connectivity index is 1.94. The summed E-state index contributed by atoms with van der Waals surface area (Å²) in [7, 11) is 0. The summed E-state index contributed by atoms with van der Waals surface area (Å²) in [6, 6.07) is 0. The van der Waals surface area contributed by atoms with Gasteiger partial charge < -0.3 is 5.32 Å². The van der Waals surface area contributed by atoms with Crippen molar-refractivity contribution in [3.63, 3.8) is 0 Å². The number of nitrogens with one attached hydrogen (secondary N) is 1. The first kappa shape index (κ1) is 11.4. The van der Waals surface area contributed by atoms with Crippen molar-refractivity contribution in [2.45, 2.75) is 58.8 Å². The van der Waals surface area contributed by atoms with E-state index in [-0.39, 0.29) is 0 Å². The van der Waals surface area contributed by atoms with Crippen LogP contribution in [0.1, 0.15) is 58.8 Å². The summed E-state index contributed by atoms with van der Waals surface area (Å²) in [6.07, 6.45) is 10.2. The SMILES string of the molecule is CC(C1CCNCC1)C1(C)CCCCC1. The molecule has 15 heavy (non-hydrogen) atoms. The Hall–Kier alpha value is -0.0400. The first-order chi connectivity index (χ1) is 7.22. The standard InChI is InChI=1S/C14H27N/c1-12(13-6-10-15-11-7-13)14(2)8-4-3-5-9-14/h12-13,15H,3-11H2,1-2H3. The van der Waals surface area contributed by atoms with Crippen molar-refractivity contribution in [3.05, 3.63) is 0 Å². The van der Waals surface area contributed by atoms with E-state index in [1.54, 1.807) is 0 Å². The highest BCUT2D eigenvalue weighted by Gasteiger charge is 2.36. The molecule has 0 aromatic carbocycles. The lowest BCUT2D eigenvalue weighted by Crippen LogP contribution is -2.38. The molecular weight excluding hydrogens is 182 g/mol. The van der Waals surface area contributed by atoms with E-state index in [1.165, 1.54) is 58.0 Å². The van der Waals surface area contributed by atoms with E-state index in [9.17, 15) is 0 Å². The minimum atomic E-state index is 0.667. The molecular formula is C14H27N. The lowest BCUT2D eigenvalue weighted by atomic mass is 9.62. The second-order valence-electron chi connectivity index (χ2n) is 6.09. The van der Waals surface area contributed by atoms with Crippen molar-refractivity contribution < 1.29 is 0 Å². The monoisotopic (exact) mass is 209 g/mol. The summed E-state index contributed by atoms with van der Waals surface area (Å²) in [5.41, 5.74) is 0.667. The second kappa shape index (κ2) is 4.86. The van der Waals surface area contributed by atoms with Gasteiger partial charge in [0.05, 0.1) is 0 Å². The van der Waals surface area contributed by atoms with Crippen LogP contribution in [-0.4, -0.2) is 13.1 Å². The van der Waals surface area contributed by atoms with Crippen molar-refractivity contribution in [1.29, 1.82) is 0 Å². The molecule has 0 spiro atoms. The van der Waals surface area contributed by atoms with Crippen LogP contribution in [0.25, 0.3) is 0 Å². The average Bonchev–Trinajstić information content (AvgIpc) is 2.30. The number of rotatable bonds is 2. The van der Waals surface area contributed by atoms with Crippen LogP contribution in [0.4, 0.5) is 0 Å². The van der Waals surface area contributed by atoms with Gasteiger partial charge in [-0.15, -0.1) is 0 Å². The quantitative estimate of drug-likeness (QED) is 0.733. The first-order valence-corrected chi connectivity index (χ1v) is 6.93. The van der Waals surface area contributed by atoms with Gasteiger partial charge in [-0.3, -0.25) is 0 Å². The Kier molecular flexibility index (Phi) is 3.71. The molecule has 0 aromatic heterocycles. The van der Waals surface area contributed by atoms with Crippen LogP contribution in [-0.2, 0) is 0 Å². The number of hydrogen-bond acceptors (Lipinski definition) is 1. The van der Waals surface area contributed by atoms with Gasteiger partial charge in [0.15, 0.2) is 0 Å². The second-order valence-corrected chi connectivity index (χ2v) is 6.09. The maximum absolute atomic E-state index is 3.49. The van der Waals surface area contributed by atoms with Gasteiger partial charge in [-0.2, -0.15) is 0 Å². The Morgan fingerprint density at radius 1 is 1.07 bits per heavy atom. The molecule has 1 saturated heterocycles. The van der Waals surface area contributed by atoms with Gasteiger partial charge in [-0.1, -0.05) is 33.1 Å². The van der Waals surface area contributed by atoms with E-state index < -0.39 is 0 Å². The first-order valence-electron chi connectivity index (χ1n) is 6.93. The average molecular weight is 209 g/mol. The van der Waals surface area contributed by atoms with Crippen LogP contribution in [0.5, 0.6) is 0 Å². The summed E-state index contributed by atoms with van der Waals surface area (Å²) in [4.78, 5) is 0.